The smallest absolute Gasteiger partial charge is 0.451 e. The first kappa shape index (κ1) is 24.5. The number of aromatic nitrogens is 2. The molecular weight excluding hydrogens is 509 g/mol. The number of methoxy groups -OCH3 is 1. The number of rotatable bonds is 3. The second-order valence-corrected chi connectivity index (χ2v) is 10.5. The third-order valence-corrected chi connectivity index (χ3v) is 7.97. The average molecular weight is 535 g/mol. The molecule has 2 atom stereocenters. The van der Waals surface area contributed by atoms with Crippen molar-refractivity contribution in [2.75, 3.05) is 38.2 Å². The zero-order valence-electron chi connectivity index (χ0n) is 20.1. The van der Waals surface area contributed by atoms with Gasteiger partial charge in [-0.3, -0.25) is 4.90 Å². The summed E-state index contributed by atoms with van der Waals surface area (Å²) >= 11 is 6.15. The number of piperidine rings is 1. The van der Waals surface area contributed by atoms with Gasteiger partial charge in [-0.2, -0.15) is 13.2 Å². The third-order valence-electron chi connectivity index (χ3n) is 7.73. The molecule has 1 N–H and O–H groups in total. The minimum atomic E-state index is -4.69. The van der Waals surface area contributed by atoms with E-state index in [1.54, 1.807) is 17.0 Å². The van der Waals surface area contributed by atoms with Crippen LogP contribution in [0.25, 0.3) is 10.9 Å². The van der Waals surface area contributed by atoms with Gasteiger partial charge in [-0.05, 0) is 42.0 Å². The molecule has 37 heavy (non-hydrogen) atoms. The van der Waals surface area contributed by atoms with Gasteiger partial charge in [0.1, 0.15) is 22.9 Å². The van der Waals surface area contributed by atoms with Gasteiger partial charge in [0.2, 0.25) is 5.82 Å². The summed E-state index contributed by atoms with van der Waals surface area (Å²) in [5.41, 5.74) is 1.00. The molecular formula is C26H26ClF3N4O3. The fourth-order valence-corrected chi connectivity index (χ4v) is 6.03. The second-order valence-electron chi connectivity index (χ2n) is 10.0. The number of hydrogen-bond donors (Lipinski definition) is 1. The summed E-state index contributed by atoms with van der Waals surface area (Å²) in [6.45, 7) is 1.95. The maximum absolute atomic E-state index is 13.6. The Morgan fingerprint density at radius 2 is 1.89 bits per heavy atom. The minimum absolute atomic E-state index is 0.151. The van der Waals surface area contributed by atoms with E-state index in [0.29, 0.717) is 35.8 Å². The molecule has 0 amide bonds. The van der Waals surface area contributed by atoms with Crippen molar-refractivity contribution in [3.05, 3.63) is 52.8 Å². The van der Waals surface area contributed by atoms with E-state index >= 15 is 0 Å². The zero-order chi connectivity index (χ0) is 25.9. The van der Waals surface area contributed by atoms with E-state index in [1.807, 2.05) is 18.2 Å². The molecule has 0 saturated carbocycles. The Hall–Kier alpha value is -2.82. The van der Waals surface area contributed by atoms with Crippen molar-refractivity contribution in [2.24, 2.45) is 0 Å². The Morgan fingerprint density at radius 1 is 1.11 bits per heavy atom. The van der Waals surface area contributed by atoms with Gasteiger partial charge in [0.15, 0.2) is 0 Å². The largest absolute Gasteiger partial charge is 0.497 e. The van der Waals surface area contributed by atoms with Gasteiger partial charge in [0.25, 0.3) is 0 Å². The predicted octanol–water partition coefficient (Wildman–Crippen LogP) is 4.33. The van der Waals surface area contributed by atoms with E-state index in [0.717, 1.165) is 30.6 Å². The summed E-state index contributed by atoms with van der Waals surface area (Å²) in [5.74, 6) is 0.318. The summed E-state index contributed by atoms with van der Waals surface area (Å²) in [6, 6.07) is 10.2. The summed E-state index contributed by atoms with van der Waals surface area (Å²) in [7, 11) is 1.49. The molecule has 1 unspecified atom stereocenters. The van der Waals surface area contributed by atoms with E-state index < -0.39 is 18.1 Å². The van der Waals surface area contributed by atoms with E-state index in [9.17, 15) is 18.3 Å². The fraction of sp³-hybridized carbons (Fsp3) is 0.462. The molecule has 3 aromatic rings. The van der Waals surface area contributed by atoms with Crippen LogP contribution < -0.4 is 14.4 Å². The Bertz CT molecular complexity index is 1350. The molecule has 0 bridgehead atoms. The molecule has 2 aromatic carbocycles. The second kappa shape index (κ2) is 8.89. The normalized spacial score (nSPS) is 23.5. The van der Waals surface area contributed by atoms with Gasteiger partial charge in [-0.1, -0.05) is 11.6 Å². The SMILES string of the molecule is COc1ccc2nc(C(F)(F)F)nc(N3CC(N4CCC5(CC4)Cc4cc(Cl)ccc4O5)[C@H](O)C3)c2c1. The summed E-state index contributed by atoms with van der Waals surface area (Å²) < 4.78 is 52.4. The van der Waals surface area contributed by atoms with Gasteiger partial charge in [0.05, 0.1) is 24.8 Å². The van der Waals surface area contributed by atoms with Gasteiger partial charge >= 0.3 is 6.18 Å². The summed E-state index contributed by atoms with van der Waals surface area (Å²) in [6.07, 6.45) is -3.06. The zero-order valence-corrected chi connectivity index (χ0v) is 20.9. The Balaban J connectivity index is 1.22. The van der Waals surface area contributed by atoms with Crippen LogP contribution in [0.2, 0.25) is 5.02 Å². The highest BCUT2D eigenvalue weighted by Gasteiger charge is 2.46. The highest BCUT2D eigenvalue weighted by molar-refractivity contribution is 6.30. The molecule has 3 aliphatic heterocycles. The molecule has 1 aromatic heterocycles. The number of β-amino-alcohol motifs (C(OH)–C–C–N with tert-alkyl or cyclic N) is 1. The molecule has 11 heteroatoms. The van der Waals surface area contributed by atoms with Crippen LogP contribution in [0, 0.1) is 0 Å². The lowest BCUT2D eigenvalue weighted by Crippen LogP contribution is -2.53. The van der Waals surface area contributed by atoms with Crippen LogP contribution in [0.15, 0.2) is 36.4 Å². The quantitative estimate of drug-likeness (QED) is 0.536. The maximum atomic E-state index is 13.6. The maximum Gasteiger partial charge on any atom is 0.451 e. The topological polar surface area (TPSA) is 71.0 Å². The summed E-state index contributed by atoms with van der Waals surface area (Å²) in [5, 5.41) is 12.1. The highest BCUT2D eigenvalue weighted by Crippen LogP contribution is 2.43. The molecule has 7 nitrogen and oxygen atoms in total. The van der Waals surface area contributed by atoms with Crippen LogP contribution in [-0.2, 0) is 12.6 Å². The van der Waals surface area contributed by atoms with Crippen molar-refractivity contribution >= 4 is 28.3 Å². The van der Waals surface area contributed by atoms with E-state index in [1.165, 1.54) is 13.2 Å². The van der Waals surface area contributed by atoms with Gasteiger partial charge < -0.3 is 19.5 Å². The molecule has 196 valence electrons. The molecule has 3 aliphatic rings. The van der Waals surface area contributed by atoms with Crippen LogP contribution >= 0.6 is 11.6 Å². The first-order chi connectivity index (χ1) is 17.6. The number of nitrogens with zero attached hydrogens (tertiary/aromatic N) is 4. The minimum Gasteiger partial charge on any atom is -0.497 e. The number of likely N-dealkylation sites (tertiary alicyclic amines) is 1. The molecule has 6 rings (SSSR count). The Morgan fingerprint density at radius 3 is 2.62 bits per heavy atom. The van der Waals surface area contributed by atoms with Crippen LogP contribution in [0.5, 0.6) is 11.5 Å². The van der Waals surface area contributed by atoms with Crippen LogP contribution in [0.4, 0.5) is 19.0 Å². The van der Waals surface area contributed by atoms with Crippen LogP contribution in [-0.4, -0.2) is 71.0 Å². The molecule has 0 aliphatic carbocycles. The number of benzene rings is 2. The van der Waals surface area contributed by atoms with E-state index in [2.05, 4.69) is 14.9 Å². The molecule has 2 saturated heterocycles. The first-order valence-corrected chi connectivity index (χ1v) is 12.6. The van der Waals surface area contributed by atoms with Crippen molar-refractivity contribution in [2.45, 2.75) is 43.2 Å². The Kier molecular flexibility index (Phi) is 5.89. The lowest BCUT2D eigenvalue weighted by atomic mass is 9.86. The van der Waals surface area contributed by atoms with Crippen LogP contribution in [0.1, 0.15) is 24.2 Å². The number of anilines is 1. The first-order valence-electron chi connectivity index (χ1n) is 12.2. The molecule has 4 heterocycles. The lowest BCUT2D eigenvalue weighted by Gasteiger charge is -2.41. The van der Waals surface area contributed by atoms with Gasteiger partial charge in [-0.15, -0.1) is 0 Å². The predicted molar refractivity (Wildman–Crippen MR) is 132 cm³/mol. The number of aliphatic hydroxyl groups excluding tert-OH is 1. The Labute approximate surface area is 216 Å². The monoisotopic (exact) mass is 534 g/mol. The lowest BCUT2D eigenvalue weighted by molar-refractivity contribution is -0.144. The number of ether oxygens (including phenoxy) is 2. The molecule has 1 spiro atoms. The number of alkyl halides is 3. The molecule has 0 radical (unpaired) electrons. The number of fused-ring (bicyclic) bond motifs is 2. The third kappa shape index (κ3) is 4.45. The van der Waals surface area contributed by atoms with Crippen LogP contribution in [0.3, 0.4) is 0 Å². The van der Waals surface area contributed by atoms with Crippen molar-refractivity contribution < 1.29 is 27.8 Å². The number of aliphatic hydroxyl groups is 1. The number of halogens is 4. The summed E-state index contributed by atoms with van der Waals surface area (Å²) in [4.78, 5) is 11.6. The average Bonchev–Trinajstić information content (AvgIpc) is 3.42. The van der Waals surface area contributed by atoms with E-state index in [-0.39, 0.29) is 29.5 Å². The van der Waals surface area contributed by atoms with Gasteiger partial charge in [0, 0.05) is 55.9 Å². The van der Waals surface area contributed by atoms with Gasteiger partial charge in [-0.25, -0.2) is 9.97 Å². The standard InChI is InChI=1S/C26H26ClF3N4O3/c1-36-17-3-4-19-18(11-17)23(32-24(31-19)26(28,29)30)34-13-20(21(35)14-34)33-8-6-25(7-9-33)12-15-10-16(27)2-5-22(15)37-25/h2-5,10-11,20-21,35H,6-9,12-14H2,1H3/t20?,21-/m1/s1. The van der Waals surface area contributed by atoms with Crippen molar-refractivity contribution in [3.8, 4) is 11.5 Å². The fourth-order valence-electron chi connectivity index (χ4n) is 5.83. The number of hydrogen-bond acceptors (Lipinski definition) is 7. The molecule has 2 fully saturated rings. The van der Waals surface area contributed by atoms with Crippen molar-refractivity contribution in [1.82, 2.24) is 14.9 Å². The van der Waals surface area contributed by atoms with Crippen molar-refractivity contribution in [1.29, 1.82) is 0 Å². The van der Waals surface area contributed by atoms with Crippen molar-refractivity contribution in [3.63, 3.8) is 0 Å². The van der Waals surface area contributed by atoms with E-state index in [4.69, 9.17) is 21.1 Å². The highest BCUT2D eigenvalue weighted by atomic mass is 35.5.